The third kappa shape index (κ3) is 4.72. The van der Waals surface area contributed by atoms with E-state index in [0.717, 1.165) is 4.80 Å². The molecule has 3 rings (SSSR count). The van der Waals surface area contributed by atoms with Crippen molar-refractivity contribution in [3.8, 4) is 28.6 Å². The van der Waals surface area contributed by atoms with Crippen molar-refractivity contribution in [3.05, 3.63) is 48.0 Å². The molecule has 2 aromatic carbocycles. The Morgan fingerprint density at radius 1 is 0.933 bits per heavy atom. The Kier molecular flexibility index (Phi) is 6.58. The molecule has 156 valence electrons. The SMILES string of the molecule is COc1ccc(-c2nnn(CC(=O)OCC(=O)c3ccccc3OC)n2)cc1OC. The Balaban J connectivity index is 1.60. The van der Waals surface area contributed by atoms with Crippen molar-refractivity contribution in [2.75, 3.05) is 27.9 Å². The van der Waals surface area contributed by atoms with Crippen LogP contribution in [0.3, 0.4) is 0 Å². The fourth-order valence-electron chi connectivity index (χ4n) is 2.66. The number of para-hydroxylation sites is 1. The second-order valence-corrected chi connectivity index (χ2v) is 6.00. The monoisotopic (exact) mass is 412 g/mol. The first-order chi connectivity index (χ1) is 14.5. The molecule has 3 aromatic rings. The minimum Gasteiger partial charge on any atom is -0.496 e. The summed E-state index contributed by atoms with van der Waals surface area (Å²) in [5.74, 6) is 0.746. The van der Waals surface area contributed by atoms with Crippen molar-refractivity contribution < 1.29 is 28.5 Å². The van der Waals surface area contributed by atoms with Gasteiger partial charge in [-0.2, -0.15) is 4.80 Å². The van der Waals surface area contributed by atoms with Crippen LogP contribution in [0.15, 0.2) is 42.5 Å². The molecule has 0 saturated heterocycles. The second-order valence-electron chi connectivity index (χ2n) is 6.00. The summed E-state index contributed by atoms with van der Waals surface area (Å²) >= 11 is 0. The van der Waals surface area contributed by atoms with E-state index >= 15 is 0 Å². The molecule has 0 radical (unpaired) electrons. The zero-order valence-corrected chi connectivity index (χ0v) is 16.7. The van der Waals surface area contributed by atoms with Crippen LogP contribution in [-0.2, 0) is 16.1 Å². The van der Waals surface area contributed by atoms with E-state index in [1.54, 1.807) is 42.5 Å². The molecular weight excluding hydrogens is 392 g/mol. The minimum atomic E-state index is -0.672. The van der Waals surface area contributed by atoms with Gasteiger partial charge < -0.3 is 18.9 Å². The fraction of sp³-hybridized carbons (Fsp3) is 0.250. The number of tetrazole rings is 1. The predicted molar refractivity (Wildman–Crippen MR) is 105 cm³/mol. The Hall–Kier alpha value is -3.95. The van der Waals surface area contributed by atoms with Crippen LogP contribution < -0.4 is 14.2 Å². The van der Waals surface area contributed by atoms with Crippen molar-refractivity contribution in [1.82, 2.24) is 20.2 Å². The number of rotatable bonds is 9. The van der Waals surface area contributed by atoms with E-state index in [4.69, 9.17) is 18.9 Å². The predicted octanol–water partition coefficient (Wildman–Crippen LogP) is 1.79. The number of carbonyl (C=O) groups is 2. The maximum absolute atomic E-state index is 12.3. The van der Waals surface area contributed by atoms with Gasteiger partial charge in [0.25, 0.3) is 0 Å². The van der Waals surface area contributed by atoms with Crippen LogP contribution in [0.5, 0.6) is 17.2 Å². The lowest BCUT2D eigenvalue weighted by atomic mass is 10.1. The molecule has 0 spiro atoms. The number of hydrogen-bond acceptors (Lipinski definition) is 9. The zero-order valence-electron chi connectivity index (χ0n) is 16.7. The fourth-order valence-corrected chi connectivity index (χ4v) is 2.66. The number of Topliss-reactive ketones (excluding diaryl/α,β-unsaturated/α-hetero) is 1. The standard InChI is InChI=1S/C20H20N4O6/c1-27-16-7-5-4-6-14(16)15(25)12-30-19(26)11-24-22-20(21-23-24)13-8-9-17(28-2)18(10-13)29-3/h4-10H,11-12H2,1-3H3. The highest BCUT2D eigenvalue weighted by atomic mass is 16.5. The summed E-state index contributed by atoms with van der Waals surface area (Å²) in [5.41, 5.74) is 0.973. The van der Waals surface area contributed by atoms with E-state index in [2.05, 4.69) is 15.4 Å². The number of carbonyl (C=O) groups excluding carboxylic acids is 2. The molecule has 0 fully saturated rings. The summed E-state index contributed by atoms with van der Waals surface area (Å²) in [5, 5.41) is 11.9. The van der Waals surface area contributed by atoms with Crippen molar-refractivity contribution in [2.45, 2.75) is 6.54 Å². The normalized spacial score (nSPS) is 10.4. The maximum Gasteiger partial charge on any atom is 0.330 e. The van der Waals surface area contributed by atoms with Crippen LogP contribution >= 0.6 is 0 Å². The molecule has 0 N–H and O–H groups in total. The lowest BCUT2D eigenvalue weighted by molar-refractivity contribution is -0.143. The van der Waals surface area contributed by atoms with Crippen molar-refractivity contribution in [3.63, 3.8) is 0 Å². The highest BCUT2D eigenvalue weighted by Gasteiger charge is 2.16. The number of ketones is 1. The van der Waals surface area contributed by atoms with E-state index in [9.17, 15) is 9.59 Å². The molecule has 0 aliphatic heterocycles. The number of hydrogen-bond donors (Lipinski definition) is 0. The topological polar surface area (TPSA) is 115 Å². The maximum atomic E-state index is 12.3. The molecule has 0 amide bonds. The van der Waals surface area contributed by atoms with E-state index in [1.165, 1.54) is 21.3 Å². The lowest BCUT2D eigenvalue weighted by Gasteiger charge is -2.08. The van der Waals surface area contributed by atoms with E-state index in [0.29, 0.717) is 34.2 Å². The molecule has 1 aromatic heterocycles. The minimum absolute atomic E-state index is 0.292. The summed E-state index contributed by atoms with van der Waals surface area (Å²) in [6.07, 6.45) is 0. The van der Waals surface area contributed by atoms with Gasteiger partial charge in [-0.1, -0.05) is 12.1 Å². The molecule has 10 nitrogen and oxygen atoms in total. The van der Waals surface area contributed by atoms with Gasteiger partial charge in [0.15, 0.2) is 24.7 Å². The van der Waals surface area contributed by atoms with Gasteiger partial charge in [-0.15, -0.1) is 10.2 Å². The quantitative estimate of drug-likeness (QED) is 0.383. The van der Waals surface area contributed by atoms with Gasteiger partial charge in [-0.05, 0) is 35.5 Å². The average Bonchev–Trinajstić information content (AvgIpc) is 3.25. The van der Waals surface area contributed by atoms with Crippen LogP contribution in [0.4, 0.5) is 0 Å². The van der Waals surface area contributed by atoms with E-state index in [-0.39, 0.29) is 12.3 Å². The number of aromatic nitrogens is 4. The molecule has 0 aliphatic carbocycles. The smallest absolute Gasteiger partial charge is 0.330 e. The zero-order chi connectivity index (χ0) is 21.5. The largest absolute Gasteiger partial charge is 0.496 e. The molecule has 0 aliphatic rings. The van der Waals surface area contributed by atoms with Gasteiger partial charge in [-0.3, -0.25) is 4.79 Å². The third-order valence-corrected chi connectivity index (χ3v) is 4.14. The summed E-state index contributed by atoms with van der Waals surface area (Å²) < 4.78 is 20.6. The second kappa shape index (κ2) is 9.50. The van der Waals surface area contributed by atoms with Crippen LogP contribution in [0.2, 0.25) is 0 Å². The summed E-state index contributed by atoms with van der Waals surface area (Å²) in [4.78, 5) is 25.4. The first-order valence-corrected chi connectivity index (χ1v) is 8.87. The average molecular weight is 412 g/mol. The van der Waals surface area contributed by atoms with Gasteiger partial charge in [0, 0.05) is 5.56 Å². The van der Waals surface area contributed by atoms with Crippen molar-refractivity contribution in [1.29, 1.82) is 0 Å². The molecule has 30 heavy (non-hydrogen) atoms. The van der Waals surface area contributed by atoms with E-state index < -0.39 is 12.6 Å². The van der Waals surface area contributed by atoms with Gasteiger partial charge >= 0.3 is 5.97 Å². The molecular formula is C20H20N4O6. The van der Waals surface area contributed by atoms with Crippen LogP contribution in [-0.4, -0.2) is 59.9 Å². The molecule has 0 bridgehead atoms. The molecule has 0 unspecified atom stereocenters. The summed E-state index contributed by atoms with van der Waals surface area (Å²) in [7, 11) is 4.52. The Bertz CT molecular complexity index is 1050. The van der Waals surface area contributed by atoms with Gasteiger partial charge in [0.2, 0.25) is 11.6 Å². The lowest BCUT2D eigenvalue weighted by Crippen LogP contribution is -2.20. The van der Waals surface area contributed by atoms with Gasteiger partial charge in [-0.25, -0.2) is 4.79 Å². The van der Waals surface area contributed by atoms with Crippen LogP contribution in [0, 0.1) is 0 Å². The third-order valence-electron chi connectivity index (χ3n) is 4.14. The number of benzene rings is 2. The molecule has 1 heterocycles. The summed E-state index contributed by atoms with van der Waals surface area (Å²) in [6, 6.07) is 11.9. The highest BCUT2D eigenvalue weighted by molar-refractivity contribution is 6.00. The number of methoxy groups -OCH3 is 3. The Labute approximate surface area is 172 Å². The van der Waals surface area contributed by atoms with E-state index in [1.807, 2.05) is 0 Å². The number of nitrogens with zero attached hydrogens (tertiary/aromatic N) is 4. The van der Waals surface area contributed by atoms with Crippen molar-refractivity contribution >= 4 is 11.8 Å². The molecule has 10 heteroatoms. The number of esters is 1. The first-order valence-electron chi connectivity index (χ1n) is 8.87. The first kappa shape index (κ1) is 20.8. The van der Waals surface area contributed by atoms with Crippen LogP contribution in [0.25, 0.3) is 11.4 Å². The van der Waals surface area contributed by atoms with Crippen molar-refractivity contribution in [2.24, 2.45) is 0 Å². The Morgan fingerprint density at radius 3 is 2.40 bits per heavy atom. The molecule has 0 saturated carbocycles. The van der Waals surface area contributed by atoms with Crippen LogP contribution in [0.1, 0.15) is 10.4 Å². The van der Waals surface area contributed by atoms with Gasteiger partial charge in [0.05, 0.1) is 26.9 Å². The molecule has 0 atom stereocenters. The highest BCUT2D eigenvalue weighted by Crippen LogP contribution is 2.30. The number of ether oxygens (including phenoxy) is 4. The Morgan fingerprint density at radius 2 is 1.67 bits per heavy atom. The van der Waals surface area contributed by atoms with Gasteiger partial charge in [0.1, 0.15) is 5.75 Å². The summed E-state index contributed by atoms with van der Waals surface area (Å²) in [6.45, 7) is -0.712.